The first-order chi connectivity index (χ1) is 12.4. The van der Waals surface area contributed by atoms with Crippen LogP contribution < -0.4 is 4.74 Å². The van der Waals surface area contributed by atoms with E-state index in [2.05, 4.69) is 9.97 Å². The average molecular weight is 380 g/mol. The van der Waals surface area contributed by atoms with Crippen LogP contribution in [0.2, 0.25) is 0 Å². The summed E-state index contributed by atoms with van der Waals surface area (Å²) < 4.78 is 45.7. The first-order valence-electron chi connectivity index (χ1n) is 8.58. The Morgan fingerprint density at radius 3 is 2.41 bits per heavy atom. The molecule has 27 heavy (non-hydrogen) atoms. The number of ether oxygens (including phenoxy) is 1. The number of pyridine rings is 2. The van der Waals surface area contributed by atoms with E-state index in [1.165, 1.54) is 18.3 Å². The average Bonchev–Trinajstić information content (AvgIpc) is 2.57. The number of hydrogen-bond acceptors (Lipinski definition) is 4. The van der Waals surface area contributed by atoms with Gasteiger partial charge in [-0.25, -0.2) is 4.98 Å². The lowest BCUT2D eigenvalue weighted by Crippen LogP contribution is -2.24. The zero-order valence-corrected chi connectivity index (χ0v) is 16.0. The van der Waals surface area contributed by atoms with Crippen LogP contribution >= 0.6 is 0 Å². The van der Waals surface area contributed by atoms with Crippen LogP contribution in [0.1, 0.15) is 55.0 Å². The lowest BCUT2D eigenvalue weighted by molar-refractivity contribution is -0.138. The van der Waals surface area contributed by atoms with E-state index >= 15 is 0 Å². The third kappa shape index (κ3) is 5.05. The van der Waals surface area contributed by atoms with Crippen molar-refractivity contribution in [3.05, 3.63) is 53.0 Å². The molecule has 0 aliphatic heterocycles. The standard InChI is InChI=1S/C20H23F3N2O2/c1-12(19(3,4)5)11-27-16-9-8-15(20(21,22)23)17(25-16)18(26)14-7-6-10-24-13(14)2/h6-10,12H,11H2,1-5H3/t12-/m1/s1. The van der Waals surface area contributed by atoms with Crippen LogP contribution in [-0.2, 0) is 6.18 Å². The maximum absolute atomic E-state index is 13.4. The van der Waals surface area contributed by atoms with Gasteiger partial charge in [0.2, 0.25) is 11.7 Å². The maximum atomic E-state index is 13.4. The van der Waals surface area contributed by atoms with Gasteiger partial charge in [-0.15, -0.1) is 0 Å². The van der Waals surface area contributed by atoms with Gasteiger partial charge in [0.05, 0.1) is 12.2 Å². The van der Waals surface area contributed by atoms with E-state index < -0.39 is 23.2 Å². The van der Waals surface area contributed by atoms with Crippen LogP contribution in [-0.4, -0.2) is 22.4 Å². The van der Waals surface area contributed by atoms with Crippen LogP contribution in [0.3, 0.4) is 0 Å². The number of halogens is 3. The van der Waals surface area contributed by atoms with Gasteiger partial charge in [0, 0.05) is 23.5 Å². The minimum Gasteiger partial charge on any atom is -0.477 e. The quantitative estimate of drug-likeness (QED) is 0.678. The van der Waals surface area contributed by atoms with Crippen molar-refractivity contribution in [2.24, 2.45) is 11.3 Å². The molecular formula is C20H23F3N2O2. The fourth-order valence-electron chi connectivity index (χ4n) is 2.24. The van der Waals surface area contributed by atoms with Gasteiger partial charge in [-0.1, -0.05) is 27.7 Å². The molecule has 146 valence electrons. The van der Waals surface area contributed by atoms with E-state index in [0.717, 1.165) is 12.1 Å². The van der Waals surface area contributed by atoms with Gasteiger partial charge >= 0.3 is 6.18 Å². The van der Waals surface area contributed by atoms with Crippen molar-refractivity contribution in [3.63, 3.8) is 0 Å². The second-order valence-electron chi connectivity index (χ2n) is 7.59. The van der Waals surface area contributed by atoms with Gasteiger partial charge in [-0.3, -0.25) is 9.78 Å². The Kier molecular flexibility index (Phi) is 5.92. The van der Waals surface area contributed by atoms with Crippen molar-refractivity contribution < 1.29 is 22.7 Å². The Hall–Kier alpha value is -2.44. The Morgan fingerprint density at radius 2 is 1.85 bits per heavy atom. The zero-order valence-electron chi connectivity index (χ0n) is 16.0. The van der Waals surface area contributed by atoms with Crippen molar-refractivity contribution >= 4 is 5.78 Å². The molecule has 0 N–H and O–H groups in total. The second kappa shape index (κ2) is 7.66. The topological polar surface area (TPSA) is 52.1 Å². The summed E-state index contributed by atoms with van der Waals surface area (Å²) in [5, 5.41) is 0. The molecule has 2 aromatic heterocycles. The smallest absolute Gasteiger partial charge is 0.418 e. The van der Waals surface area contributed by atoms with Crippen LogP contribution in [0.25, 0.3) is 0 Å². The Labute approximate surface area is 156 Å². The highest BCUT2D eigenvalue weighted by atomic mass is 19.4. The van der Waals surface area contributed by atoms with E-state index in [0.29, 0.717) is 5.69 Å². The van der Waals surface area contributed by atoms with Gasteiger partial charge < -0.3 is 4.74 Å². The highest BCUT2D eigenvalue weighted by Crippen LogP contribution is 2.34. The fourth-order valence-corrected chi connectivity index (χ4v) is 2.24. The molecule has 0 unspecified atom stereocenters. The molecule has 0 aliphatic carbocycles. The van der Waals surface area contributed by atoms with Crippen molar-refractivity contribution in [3.8, 4) is 5.88 Å². The molecule has 2 heterocycles. The van der Waals surface area contributed by atoms with Crippen LogP contribution in [0.15, 0.2) is 30.5 Å². The Morgan fingerprint density at radius 1 is 1.19 bits per heavy atom. The maximum Gasteiger partial charge on any atom is 0.418 e. The predicted molar refractivity (Wildman–Crippen MR) is 95.8 cm³/mol. The summed E-state index contributed by atoms with van der Waals surface area (Å²) in [6.45, 7) is 9.95. The van der Waals surface area contributed by atoms with E-state index in [4.69, 9.17) is 4.74 Å². The molecular weight excluding hydrogens is 357 g/mol. The molecule has 0 saturated heterocycles. The van der Waals surface area contributed by atoms with E-state index in [9.17, 15) is 18.0 Å². The summed E-state index contributed by atoms with van der Waals surface area (Å²) in [6.07, 6.45) is -3.23. The number of alkyl halides is 3. The monoisotopic (exact) mass is 380 g/mol. The molecule has 0 radical (unpaired) electrons. The highest BCUT2D eigenvalue weighted by Gasteiger charge is 2.37. The first kappa shape index (κ1) is 20.9. The predicted octanol–water partition coefficient (Wildman–Crippen LogP) is 5.10. The molecule has 2 aromatic rings. The molecule has 0 bridgehead atoms. The molecule has 4 nitrogen and oxygen atoms in total. The number of carbonyl (C=O) groups is 1. The van der Waals surface area contributed by atoms with E-state index in [1.807, 2.05) is 27.7 Å². The van der Waals surface area contributed by atoms with Crippen LogP contribution in [0.5, 0.6) is 5.88 Å². The van der Waals surface area contributed by atoms with Crippen molar-refractivity contribution in [1.82, 2.24) is 9.97 Å². The molecule has 7 heteroatoms. The molecule has 0 aromatic carbocycles. The molecule has 0 aliphatic rings. The summed E-state index contributed by atoms with van der Waals surface area (Å²) in [4.78, 5) is 20.6. The number of aromatic nitrogens is 2. The number of rotatable bonds is 5. The van der Waals surface area contributed by atoms with Crippen molar-refractivity contribution in [1.29, 1.82) is 0 Å². The van der Waals surface area contributed by atoms with Gasteiger partial charge in [-0.2, -0.15) is 13.2 Å². The summed E-state index contributed by atoms with van der Waals surface area (Å²) in [7, 11) is 0. The van der Waals surface area contributed by atoms with E-state index in [-0.39, 0.29) is 29.4 Å². The molecule has 0 fully saturated rings. The molecule has 2 rings (SSSR count). The lowest BCUT2D eigenvalue weighted by Gasteiger charge is -2.27. The first-order valence-corrected chi connectivity index (χ1v) is 8.58. The third-order valence-corrected chi connectivity index (χ3v) is 4.60. The minimum atomic E-state index is -4.70. The normalized spacial score (nSPS) is 13.3. The van der Waals surface area contributed by atoms with Crippen LogP contribution in [0.4, 0.5) is 13.2 Å². The number of carbonyl (C=O) groups excluding carboxylic acids is 1. The lowest BCUT2D eigenvalue weighted by atomic mass is 9.83. The SMILES string of the molecule is Cc1ncccc1C(=O)c1nc(OC[C@@H](C)C(C)(C)C)ccc1C(F)(F)F. The fraction of sp³-hybridized carbons (Fsp3) is 0.450. The Balaban J connectivity index is 2.41. The summed E-state index contributed by atoms with van der Waals surface area (Å²) >= 11 is 0. The summed E-state index contributed by atoms with van der Waals surface area (Å²) in [6, 6.07) is 4.91. The summed E-state index contributed by atoms with van der Waals surface area (Å²) in [5.41, 5.74) is -1.38. The summed E-state index contributed by atoms with van der Waals surface area (Å²) in [5.74, 6) is -0.701. The molecule has 0 saturated carbocycles. The van der Waals surface area contributed by atoms with Crippen molar-refractivity contribution in [2.75, 3.05) is 6.61 Å². The second-order valence-corrected chi connectivity index (χ2v) is 7.59. The highest BCUT2D eigenvalue weighted by molar-refractivity contribution is 6.09. The number of hydrogen-bond donors (Lipinski definition) is 0. The molecule has 0 spiro atoms. The van der Waals surface area contributed by atoms with Gasteiger partial charge in [-0.05, 0) is 36.5 Å². The van der Waals surface area contributed by atoms with Gasteiger partial charge in [0.1, 0.15) is 5.69 Å². The van der Waals surface area contributed by atoms with Gasteiger partial charge in [0.15, 0.2) is 0 Å². The largest absolute Gasteiger partial charge is 0.477 e. The minimum absolute atomic E-state index is 0.0102. The number of nitrogens with zero attached hydrogens (tertiary/aromatic N) is 2. The van der Waals surface area contributed by atoms with Crippen LogP contribution in [0, 0.1) is 18.3 Å². The Bertz CT molecular complexity index is 827. The zero-order chi connectivity index (χ0) is 20.4. The van der Waals surface area contributed by atoms with E-state index in [1.54, 1.807) is 6.92 Å². The third-order valence-electron chi connectivity index (χ3n) is 4.60. The molecule has 1 atom stereocenters. The number of ketones is 1. The molecule has 0 amide bonds. The number of aryl methyl sites for hydroxylation is 1. The van der Waals surface area contributed by atoms with Gasteiger partial charge in [0.25, 0.3) is 0 Å². The van der Waals surface area contributed by atoms with Crippen molar-refractivity contribution in [2.45, 2.75) is 40.8 Å².